The number of carbonyl (C=O) groups excluding carboxylic acids is 1. The molecule has 0 radical (unpaired) electrons. The summed E-state index contributed by atoms with van der Waals surface area (Å²) in [7, 11) is 0. The predicted molar refractivity (Wildman–Crippen MR) is 109 cm³/mol. The number of nitrogens with one attached hydrogen (secondary N) is 1. The van der Waals surface area contributed by atoms with Gasteiger partial charge in [-0.25, -0.2) is 0 Å². The molecule has 1 amide bonds. The van der Waals surface area contributed by atoms with Crippen molar-refractivity contribution in [2.75, 3.05) is 11.9 Å². The standard InChI is InChI=1S/C22H21BrN2O/c1-16-11-13-18(14-12-16)22(17-7-3-2-4-8-17)24-15-21(26)25-20-10-6-5-9-19(20)23/h2-14,22,24H,15H2,1H3,(H,25,26)/p+1/t22-/m1/s1. The van der Waals surface area contributed by atoms with Crippen LogP contribution in [0.4, 0.5) is 5.69 Å². The summed E-state index contributed by atoms with van der Waals surface area (Å²) in [5.41, 5.74) is 4.39. The van der Waals surface area contributed by atoms with Crippen molar-refractivity contribution in [1.82, 2.24) is 0 Å². The average Bonchev–Trinajstić information content (AvgIpc) is 2.66. The summed E-state index contributed by atoms with van der Waals surface area (Å²) >= 11 is 3.46. The highest BCUT2D eigenvalue weighted by atomic mass is 79.9. The van der Waals surface area contributed by atoms with E-state index in [1.807, 2.05) is 42.5 Å². The Balaban J connectivity index is 1.73. The molecule has 0 saturated carbocycles. The fourth-order valence-electron chi connectivity index (χ4n) is 2.89. The SMILES string of the molecule is Cc1ccc([C@H]([NH2+]CC(=O)Nc2ccccc2Br)c2ccccc2)cc1. The first-order valence-electron chi connectivity index (χ1n) is 8.62. The number of hydrogen-bond acceptors (Lipinski definition) is 1. The van der Waals surface area contributed by atoms with Crippen molar-refractivity contribution in [1.29, 1.82) is 0 Å². The number of aryl methyl sites for hydroxylation is 1. The van der Waals surface area contributed by atoms with Crippen LogP contribution in [0.15, 0.2) is 83.3 Å². The van der Waals surface area contributed by atoms with Gasteiger partial charge in [-0.3, -0.25) is 4.79 Å². The molecule has 3 aromatic rings. The van der Waals surface area contributed by atoms with Crippen LogP contribution in [0, 0.1) is 6.92 Å². The molecule has 132 valence electrons. The number of carbonyl (C=O) groups is 1. The second kappa shape index (κ2) is 8.79. The number of para-hydroxylation sites is 1. The van der Waals surface area contributed by atoms with E-state index >= 15 is 0 Å². The average molecular weight is 410 g/mol. The third-order valence-electron chi connectivity index (χ3n) is 4.28. The van der Waals surface area contributed by atoms with Crippen LogP contribution in [0.2, 0.25) is 0 Å². The van der Waals surface area contributed by atoms with E-state index in [1.54, 1.807) is 0 Å². The number of anilines is 1. The molecule has 0 aliphatic rings. The van der Waals surface area contributed by atoms with Crippen LogP contribution in [0.3, 0.4) is 0 Å². The summed E-state index contributed by atoms with van der Waals surface area (Å²) in [5.74, 6) is -0.0232. The summed E-state index contributed by atoms with van der Waals surface area (Å²) in [6.07, 6.45) is 0. The number of amides is 1. The molecule has 4 heteroatoms. The number of halogens is 1. The van der Waals surface area contributed by atoms with Crippen molar-refractivity contribution in [3.05, 3.63) is 100 Å². The Kier molecular flexibility index (Phi) is 6.21. The van der Waals surface area contributed by atoms with Gasteiger partial charge >= 0.3 is 0 Å². The predicted octanol–water partition coefficient (Wildman–Crippen LogP) is 4.05. The zero-order chi connectivity index (χ0) is 18.4. The summed E-state index contributed by atoms with van der Waals surface area (Å²) in [5, 5.41) is 5.04. The lowest BCUT2D eigenvalue weighted by Gasteiger charge is -2.17. The van der Waals surface area contributed by atoms with Gasteiger partial charge in [0.15, 0.2) is 6.54 Å². The fraction of sp³-hybridized carbons (Fsp3) is 0.136. The van der Waals surface area contributed by atoms with E-state index < -0.39 is 0 Å². The molecule has 1 atom stereocenters. The lowest BCUT2D eigenvalue weighted by molar-refractivity contribution is -0.676. The van der Waals surface area contributed by atoms with Crippen molar-refractivity contribution >= 4 is 27.5 Å². The first-order chi connectivity index (χ1) is 12.6. The Bertz CT molecular complexity index is 863. The van der Waals surface area contributed by atoms with Crippen molar-refractivity contribution in [2.45, 2.75) is 13.0 Å². The van der Waals surface area contributed by atoms with Crippen LogP contribution in [-0.4, -0.2) is 12.5 Å². The fourth-order valence-corrected chi connectivity index (χ4v) is 3.27. The van der Waals surface area contributed by atoms with Crippen LogP contribution >= 0.6 is 15.9 Å². The quantitative estimate of drug-likeness (QED) is 0.633. The van der Waals surface area contributed by atoms with Crippen molar-refractivity contribution in [3.8, 4) is 0 Å². The van der Waals surface area contributed by atoms with Crippen LogP contribution in [0.5, 0.6) is 0 Å². The van der Waals surface area contributed by atoms with Crippen molar-refractivity contribution in [3.63, 3.8) is 0 Å². The zero-order valence-corrected chi connectivity index (χ0v) is 16.2. The Morgan fingerprint density at radius 3 is 2.23 bits per heavy atom. The molecule has 26 heavy (non-hydrogen) atoms. The van der Waals surface area contributed by atoms with E-state index in [-0.39, 0.29) is 11.9 Å². The van der Waals surface area contributed by atoms with Gasteiger partial charge < -0.3 is 10.6 Å². The van der Waals surface area contributed by atoms with Gasteiger partial charge in [0.05, 0.1) is 5.69 Å². The second-order valence-corrected chi connectivity index (χ2v) is 7.12. The maximum Gasteiger partial charge on any atom is 0.279 e. The highest BCUT2D eigenvalue weighted by Gasteiger charge is 2.19. The number of benzene rings is 3. The molecule has 0 saturated heterocycles. The van der Waals surface area contributed by atoms with Crippen molar-refractivity contribution in [2.24, 2.45) is 0 Å². The molecule has 3 rings (SSSR count). The number of quaternary nitrogens is 1. The van der Waals surface area contributed by atoms with Crippen LogP contribution in [0.1, 0.15) is 22.7 Å². The van der Waals surface area contributed by atoms with Gasteiger partial charge in [0, 0.05) is 15.6 Å². The largest absolute Gasteiger partial charge is 0.328 e. The molecule has 3 N–H and O–H groups in total. The summed E-state index contributed by atoms with van der Waals surface area (Å²) in [6, 6.07) is 26.5. The minimum absolute atomic E-state index is 0.0232. The first kappa shape index (κ1) is 18.4. The Morgan fingerprint density at radius 1 is 0.923 bits per heavy atom. The maximum atomic E-state index is 12.4. The Labute approximate surface area is 162 Å². The summed E-state index contributed by atoms with van der Waals surface area (Å²) < 4.78 is 0.881. The number of rotatable bonds is 6. The molecule has 0 aliphatic heterocycles. The molecule has 0 unspecified atom stereocenters. The highest BCUT2D eigenvalue weighted by molar-refractivity contribution is 9.10. The van der Waals surface area contributed by atoms with Gasteiger partial charge in [-0.15, -0.1) is 0 Å². The molecule has 3 nitrogen and oxygen atoms in total. The van der Waals surface area contributed by atoms with Gasteiger partial charge in [-0.1, -0.05) is 72.3 Å². The molecule has 0 bridgehead atoms. The third kappa shape index (κ3) is 4.81. The molecular formula is C22H22BrN2O+. The Morgan fingerprint density at radius 2 is 1.54 bits per heavy atom. The minimum atomic E-state index is -0.0232. The first-order valence-corrected chi connectivity index (χ1v) is 9.42. The van der Waals surface area contributed by atoms with E-state index in [1.165, 1.54) is 16.7 Å². The Hall–Kier alpha value is -2.43. The highest BCUT2D eigenvalue weighted by Crippen LogP contribution is 2.21. The molecule has 0 spiro atoms. The third-order valence-corrected chi connectivity index (χ3v) is 4.97. The lowest BCUT2D eigenvalue weighted by atomic mass is 9.98. The van der Waals surface area contributed by atoms with Crippen molar-refractivity contribution < 1.29 is 10.1 Å². The minimum Gasteiger partial charge on any atom is -0.328 e. The molecule has 0 heterocycles. The summed E-state index contributed by atoms with van der Waals surface area (Å²) in [6.45, 7) is 2.42. The number of nitrogens with two attached hydrogens (primary N) is 1. The molecule has 0 aromatic heterocycles. The van der Waals surface area contributed by atoms with E-state index in [9.17, 15) is 4.79 Å². The zero-order valence-electron chi connectivity index (χ0n) is 14.7. The topological polar surface area (TPSA) is 45.7 Å². The van der Waals surface area contributed by atoms with Crippen LogP contribution < -0.4 is 10.6 Å². The number of hydrogen-bond donors (Lipinski definition) is 2. The van der Waals surface area contributed by atoms with E-state index in [4.69, 9.17) is 0 Å². The normalized spacial score (nSPS) is 11.8. The van der Waals surface area contributed by atoms with Crippen LogP contribution in [-0.2, 0) is 4.79 Å². The molecule has 0 fully saturated rings. The lowest BCUT2D eigenvalue weighted by Crippen LogP contribution is -2.87. The van der Waals surface area contributed by atoms with Crippen LogP contribution in [0.25, 0.3) is 0 Å². The molecular weight excluding hydrogens is 388 g/mol. The monoisotopic (exact) mass is 409 g/mol. The summed E-state index contributed by atoms with van der Waals surface area (Å²) in [4.78, 5) is 12.4. The molecule has 0 aliphatic carbocycles. The van der Waals surface area contributed by atoms with E-state index in [0.717, 1.165) is 10.2 Å². The van der Waals surface area contributed by atoms with Gasteiger partial charge in [0.1, 0.15) is 6.04 Å². The van der Waals surface area contributed by atoms with E-state index in [2.05, 4.69) is 69.9 Å². The van der Waals surface area contributed by atoms with Gasteiger partial charge in [-0.2, -0.15) is 0 Å². The van der Waals surface area contributed by atoms with Gasteiger partial charge in [-0.05, 0) is 35.0 Å². The second-order valence-electron chi connectivity index (χ2n) is 6.27. The smallest absolute Gasteiger partial charge is 0.279 e. The van der Waals surface area contributed by atoms with Gasteiger partial charge in [0.2, 0.25) is 0 Å². The maximum absolute atomic E-state index is 12.4. The van der Waals surface area contributed by atoms with E-state index in [0.29, 0.717) is 6.54 Å². The van der Waals surface area contributed by atoms with Gasteiger partial charge in [0.25, 0.3) is 5.91 Å². The molecule has 3 aromatic carbocycles.